The van der Waals surface area contributed by atoms with Crippen molar-refractivity contribution in [1.82, 2.24) is 15.6 Å². The third kappa shape index (κ3) is 4.14. The summed E-state index contributed by atoms with van der Waals surface area (Å²) in [6.07, 6.45) is 1.54. The van der Waals surface area contributed by atoms with E-state index in [-0.39, 0.29) is 5.75 Å². The number of aromatic hydroxyl groups is 1. The molecule has 0 aliphatic heterocycles. The number of phenolic OH excluding ortho intramolecular Hbond substituents is 1. The number of nitrogens with zero attached hydrogens (tertiary/aromatic N) is 3. The van der Waals surface area contributed by atoms with Gasteiger partial charge in [0.1, 0.15) is 10.8 Å². The molecule has 2 amide bonds. The van der Waals surface area contributed by atoms with Crippen LogP contribution < -0.4 is 10.7 Å². The molecule has 0 radical (unpaired) electrons. The fourth-order valence-electron chi connectivity index (χ4n) is 1.82. The minimum atomic E-state index is -0.504. The third-order valence-corrected chi connectivity index (χ3v) is 3.83. The minimum Gasteiger partial charge on any atom is -0.508 e. The predicted molar refractivity (Wildman–Crippen MR) is 93.2 cm³/mol. The molecule has 8 heteroatoms. The lowest BCUT2D eigenvalue weighted by molar-refractivity contribution is 0.252. The van der Waals surface area contributed by atoms with Gasteiger partial charge < -0.3 is 5.11 Å². The Morgan fingerprint density at radius 2 is 1.83 bits per heavy atom. The second-order valence-corrected chi connectivity index (χ2v) is 5.67. The molecule has 24 heavy (non-hydrogen) atoms. The highest BCUT2D eigenvalue weighted by Gasteiger charge is 2.09. The molecule has 0 saturated carbocycles. The summed E-state index contributed by atoms with van der Waals surface area (Å²) in [5.41, 5.74) is 4.05. The number of hydrazone groups is 1. The summed E-state index contributed by atoms with van der Waals surface area (Å²) in [6.45, 7) is 0. The Bertz CT molecular complexity index is 846. The van der Waals surface area contributed by atoms with Gasteiger partial charge in [-0.25, -0.2) is 10.2 Å². The fraction of sp³-hybridized carbons (Fsp3) is 0. The SMILES string of the molecule is O=C(N/N=C/c1ccccc1)Nc1nnc(-c2ccc(O)cc2)s1. The van der Waals surface area contributed by atoms with Gasteiger partial charge in [0.05, 0.1) is 6.21 Å². The standard InChI is InChI=1S/C16H13N5O2S/c22-13-8-6-12(7-9-13)14-19-21-16(24-14)18-15(23)20-17-10-11-4-2-1-3-5-11/h1-10,22H,(H2,18,20,21,23)/b17-10+. The number of benzene rings is 2. The van der Waals surface area contributed by atoms with Crippen LogP contribution in [-0.4, -0.2) is 27.5 Å². The van der Waals surface area contributed by atoms with Gasteiger partial charge in [-0.15, -0.1) is 10.2 Å². The number of aromatic nitrogens is 2. The number of urea groups is 1. The Hall–Kier alpha value is -3.26. The van der Waals surface area contributed by atoms with Crippen LogP contribution in [0.3, 0.4) is 0 Å². The average Bonchev–Trinajstić information content (AvgIpc) is 3.05. The molecule has 0 aliphatic carbocycles. The number of rotatable bonds is 4. The van der Waals surface area contributed by atoms with Gasteiger partial charge >= 0.3 is 6.03 Å². The van der Waals surface area contributed by atoms with Crippen molar-refractivity contribution in [2.75, 3.05) is 5.32 Å². The number of carbonyl (C=O) groups excluding carboxylic acids is 1. The summed E-state index contributed by atoms with van der Waals surface area (Å²) >= 11 is 1.22. The van der Waals surface area contributed by atoms with Crippen LogP contribution in [-0.2, 0) is 0 Å². The summed E-state index contributed by atoms with van der Waals surface area (Å²) in [4.78, 5) is 11.8. The summed E-state index contributed by atoms with van der Waals surface area (Å²) in [6, 6.07) is 15.5. The van der Waals surface area contributed by atoms with E-state index in [2.05, 4.69) is 26.0 Å². The molecule has 0 aliphatic rings. The first-order valence-corrected chi connectivity index (χ1v) is 7.80. The number of carbonyl (C=O) groups is 1. The van der Waals surface area contributed by atoms with Gasteiger partial charge in [0.2, 0.25) is 5.13 Å². The molecule has 1 aromatic heterocycles. The van der Waals surface area contributed by atoms with Crippen molar-refractivity contribution in [2.45, 2.75) is 0 Å². The van der Waals surface area contributed by atoms with Crippen LogP contribution in [0.25, 0.3) is 10.6 Å². The Labute approximate surface area is 141 Å². The maximum Gasteiger partial charge on any atom is 0.341 e. The fourth-order valence-corrected chi connectivity index (χ4v) is 2.57. The monoisotopic (exact) mass is 339 g/mol. The van der Waals surface area contributed by atoms with Crippen LogP contribution in [0.2, 0.25) is 0 Å². The van der Waals surface area contributed by atoms with E-state index in [0.29, 0.717) is 10.1 Å². The summed E-state index contributed by atoms with van der Waals surface area (Å²) in [5, 5.41) is 24.6. The predicted octanol–water partition coefficient (Wildman–Crippen LogP) is 3.07. The van der Waals surface area contributed by atoms with E-state index in [1.807, 2.05) is 30.3 Å². The maximum absolute atomic E-state index is 11.8. The van der Waals surface area contributed by atoms with Gasteiger partial charge in [-0.1, -0.05) is 41.7 Å². The highest BCUT2D eigenvalue weighted by Crippen LogP contribution is 2.27. The first kappa shape index (κ1) is 15.6. The van der Waals surface area contributed by atoms with E-state index in [1.54, 1.807) is 30.5 Å². The Balaban J connectivity index is 1.57. The van der Waals surface area contributed by atoms with E-state index in [0.717, 1.165) is 11.1 Å². The molecule has 3 aromatic rings. The molecule has 120 valence electrons. The molecule has 0 saturated heterocycles. The Morgan fingerprint density at radius 3 is 2.58 bits per heavy atom. The first-order chi connectivity index (χ1) is 11.7. The molecular weight excluding hydrogens is 326 g/mol. The van der Waals surface area contributed by atoms with Gasteiger partial charge in [-0.2, -0.15) is 5.10 Å². The molecule has 0 atom stereocenters. The van der Waals surface area contributed by atoms with Gasteiger partial charge in [0, 0.05) is 5.56 Å². The number of amides is 2. The van der Waals surface area contributed by atoms with Crippen LogP contribution >= 0.6 is 11.3 Å². The van der Waals surface area contributed by atoms with Crippen molar-refractivity contribution in [3.8, 4) is 16.3 Å². The van der Waals surface area contributed by atoms with Crippen molar-refractivity contribution in [3.63, 3.8) is 0 Å². The van der Waals surface area contributed by atoms with Crippen LogP contribution in [0.5, 0.6) is 5.75 Å². The number of hydrogen-bond acceptors (Lipinski definition) is 6. The van der Waals surface area contributed by atoms with Crippen molar-refractivity contribution in [2.24, 2.45) is 5.10 Å². The zero-order valence-corrected chi connectivity index (χ0v) is 13.2. The lowest BCUT2D eigenvalue weighted by Crippen LogP contribution is -2.24. The summed E-state index contributed by atoms with van der Waals surface area (Å²) in [5.74, 6) is 0.178. The Morgan fingerprint density at radius 1 is 1.08 bits per heavy atom. The highest BCUT2D eigenvalue weighted by atomic mass is 32.1. The molecule has 2 aromatic carbocycles. The first-order valence-electron chi connectivity index (χ1n) is 6.99. The lowest BCUT2D eigenvalue weighted by Gasteiger charge is -1.98. The Kier molecular flexibility index (Phi) is 4.78. The van der Waals surface area contributed by atoms with Crippen molar-refractivity contribution in [3.05, 3.63) is 60.2 Å². The van der Waals surface area contributed by atoms with Gasteiger partial charge in [0.15, 0.2) is 0 Å². The minimum absolute atomic E-state index is 0.178. The topological polar surface area (TPSA) is 99.5 Å². The average molecular weight is 339 g/mol. The number of hydrogen-bond donors (Lipinski definition) is 3. The lowest BCUT2D eigenvalue weighted by atomic mass is 10.2. The van der Waals surface area contributed by atoms with Gasteiger partial charge in [-0.3, -0.25) is 5.32 Å². The highest BCUT2D eigenvalue weighted by molar-refractivity contribution is 7.18. The molecular formula is C16H13N5O2S. The van der Waals surface area contributed by atoms with E-state index >= 15 is 0 Å². The molecule has 3 rings (SSSR count). The van der Waals surface area contributed by atoms with Crippen LogP contribution in [0.4, 0.5) is 9.93 Å². The smallest absolute Gasteiger partial charge is 0.341 e. The van der Waals surface area contributed by atoms with Crippen LogP contribution in [0.1, 0.15) is 5.56 Å². The zero-order valence-electron chi connectivity index (χ0n) is 12.4. The summed E-state index contributed by atoms with van der Waals surface area (Å²) < 4.78 is 0. The zero-order chi connectivity index (χ0) is 16.8. The summed E-state index contributed by atoms with van der Waals surface area (Å²) in [7, 11) is 0. The van der Waals surface area contributed by atoms with Crippen molar-refractivity contribution >= 4 is 28.7 Å². The van der Waals surface area contributed by atoms with Gasteiger partial charge in [-0.05, 0) is 29.8 Å². The number of nitrogens with one attached hydrogen (secondary N) is 2. The number of phenols is 1. The van der Waals surface area contributed by atoms with E-state index in [4.69, 9.17) is 0 Å². The van der Waals surface area contributed by atoms with Crippen LogP contribution in [0.15, 0.2) is 59.7 Å². The molecule has 0 fully saturated rings. The molecule has 1 heterocycles. The van der Waals surface area contributed by atoms with E-state index in [1.165, 1.54) is 11.3 Å². The molecule has 0 unspecified atom stereocenters. The second kappa shape index (κ2) is 7.34. The maximum atomic E-state index is 11.8. The van der Waals surface area contributed by atoms with Crippen molar-refractivity contribution < 1.29 is 9.90 Å². The molecule has 0 spiro atoms. The van der Waals surface area contributed by atoms with Gasteiger partial charge in [0.25, 0.3) is 0 Å². The largest absolute Gasteiger partial charge is 0.508 e. The molecule has 7 nitrogen and oxygen atoms in total. The molecule has 3 N–H and O–H groups in total. The normalized spacial score (nSPS) is 10.7. The van der Waals surface area contributed by atoms with Crippen molar-refractivity contribution in [1.29, 1.82) is 0 Å². The molecule has 0 bridgehead atoms. The second-order valence-electron chi connectivity index (χ2n) is 4.69. The van der Waals surface area contributed by atoms with E-state index < -0.39 is 6.03 Å². The van der Waals surface area contributed by atoms with Crippen LogP contribution in [0, 0.1) is 0 Å². The quantitative estimate of drug-likeness (QED) is 0.502. The number of anilines is 1. The van der Waals surface area contributed by atoms with E-state index in [9.17, 15) is 9.90 Å². The third-order valence-electron chi connectivity index (χ3n) is 2.94.